The molecule has 1 heterocycles. The molecule has 1 aromatic carbocycles. The summed E-state index contributed by atoms with van der Waals surface area (Å²) in [7, 11) is 0. The molecule has 1 fully saturated rings. The number of carbonyl (C=O) groups excluding carboxylic acids is 4. The monoisotopic (exact) mass is 535 g/mol. The molecule has 4 atom stereocenters. The van der Waals surface area contributed by atoms with Gasteiger partial charge in [-0.25, -0.2) is 4.79 Å². The van der Waals surface area contributed by atoms with Crippen LogP contribution in [0.3, 0.4) is 0 Å². The summed E-state index contributed by atoms with van der Waals surface area (Å²) in [6.07, 6.45) is 2.41. The normalized spacial score (nSPS) is 17.5. The standard InChI is InChI=1S/C26H37N3O7S/c1-4-36-25(34)20(13-12-19-9-6-5-7-10-19)15-27-17(2)23(31)29-14-8-11-22(29)26(35)37-16-21(24(32)33)28-18(3)30/h5-7,9-10,17,20-22,27H,4,8,11-16H2,1-3H3,(H,28,30)(H,32,33)/t17-,20-,21?,22+/m0/s1. The number of aliphatic carboxylic acids is 1. The van der Waals surface area contributed by atoms with Crippen LogP contribution in [0.25, 0.3) is 0 Å². The number of hydrogen-bond acceptors (Lipinski definition) is 8. The molecule has 0 aromatic heterocycles. The van der Waals surface area contributed by atoms with Crippen LogP contribution in [0.15, 0.2) is 30.3 Å². The molecule has 3 N–H and O–H groups in total. The molecule has 2 rings (SSSR count). The Hall–Kier alpha value is -2.92. The molecule has 0 saturated carbocycles. The fourth-order valence-corrected chi connectivity index (χ4v) is 5.16. The van der Waals surface area contributed by atoms with Crippen molar-refractivity contribution in [1.29, 1.82) is 0 Å². The van der Waals surface area contributed by atoms with Crippen LogP contribution >= 0.6 is 11.8 Å². The third kappa shape index (κ3) is 9.81. The van der Waals surface area contributed by atoms with E-state index < -0.39 is 35.9 Å². The number of aryl methyl sites for hydroxylation is 1. The van der Waals surface area contributed by atoms with E-state index in [0.717, 1.165) is 17.3 Å². The van der Waals surface area contributed by atoms with E-state index in [4.69, 9.17) is 4.74 Å². The second kappa shape index (κ2) is 15.4. The highest BCUT2D eigenvalue weighted by molar-refractivity contribution is 8.13. The van der Waals surface area contributed by atoms with Crippen molar-refractivity contribution >= 4 is 40.6 Å². The minimum absolute atomic E-state index is 0.122. The van der Waals surface area contributed by atoms with E-state index in [1.54, 1.807) is 13.8 Å². The van der Waals surface area contributed by atoms with E-state index in [-0.39, 0.29) is 35.9 Å². The molecule has 1 saturated heterocycles. The van der Waals surface area contributed by atoms with Crippen molar-refractivity contribution < 1.29 is 33.8 Å². The highest BCUT2D eigenvalue weighted by atomic mass is 32.2. The maximum Gasteiger partial charge on any atom is 0.327 e. The van der Waals surface area contributed by atoms with Gasteiger partial charge in [0.2, 0.25) is 16.9 Å². The molecule has 37 heavy (non-hydrogen) atoms. The number of likely N-dealkylation sites (tertiary alicyclic amines) is 1. The Kier molecular flexibility index (Phi) is 12.6. The summed E-state index contributed by atoms with van der Waals surface area (Å²) in [5.41, 5.74) is 1.11. The van der Waals surface area contributed by atoms with Crippen LogP contribution < -0.4 is 10.6 Å². The number of esters is 1. The number of benzene rings is 1. The summed E-state index contributed by atoms with van der Waals surface area (Å²) in [5, 5.41) is 14.4. The summed E-state index contributed by atoms with van der Waals surface area (Å²) in [5.74, 6) is -2.84. The Morgan fingerprint density at radius 1 is 1.19 bits per heavy atom. The van der Waals surface area contributed by atoms with Gasteiger partial charge in [-0.1, -0.05) is 42.1 Å². The predicted molar refractivity (Wildman–Crippen MR) is 140 cm³/mol. The Bertz CT molecular complexity index is 943. The first-order valence-corrected chi connectivity index (χ1v) is 13.5. The number of nitrogens with zero attached hydrogens (tertiary/aromatic N) is 1. The molecular weight excluding hydrogens is 498 g/mol. The minimum Gasteiger partial charge on any atom is -0.480 e. The van der Waals surface area contributed by atoms with Gasteiger partial charge in [-0.2, -0.15) is 0 Å². The number of carboxylic acids is 1. The van der Waals surface area contributed by atoms with Crippen LogP contribution in [0, 0.1) is 5.92 Å². The van der Waals surface area contributed by atoms with Crippen LogP contribution in [0.1, 0.15) is 45.6 Å². The zero-order chi connectivity index (χ0) is 27.4. The topological polar surface area (TPSA) is 142 Å². The number of carboxylic acid groups (broad SMARTS) is 1. The van der Waals surface area contributed by atoms with E-state index in [1.165, 1.54) is 11.8 Å². The molecular formula is C26H37N3O7S. The Morgan fingerprint density at radius 2 is 1.89 bits per heavy atom. The SMILES string of the molecule is CCOC(=O)[C@@H](CCc1ccccc1)CN[C@@H](C)C(=O)N1CCC[C@@H]1C(=O)SCC(NC(C)=O)C(=O)O. The third-order valence-corrected chi connectivity index (χ3v) is 7.22. The van der Waals surface area contributed by atoms with Crippen molar-refractivity contribution in [2.45, 2.75) is 64.6 Å². The van der Waals surface area contributed by atoms with Crippen molar-refractivity contribution in [1.82, 2.24) is 15.5 Å². The summed E-state index contributed by atoms with van der Waals surface area (Å²) in [6.45, 7) is 5.62. The number of hydrogen-bond donors (Lipinski definition) is 3. The predicted octanol–water partition coefficient (Wildman–Crippen LogP) is 1.62. The molecule has 2 amide bonds. The summed E-state index contributed by atoms with van der Waals surface area (Å²) >= 11 is 0.807. The molecule has 1 aromatic rings. The van der Waals surface area contributed by atoms with E-state index in [9.17, 15) is 29.1 Å². The Morgan fingerprint density at radius 3 is 2.51 bits per heavy atom. The second-order valence-electron chi connectivity index (χ2n) is 9.01. The van der Waals surface area contributed by atoms with Gasteiger partial charge in [0.15, 0.2) is 0 Å². The molecule has 0 radical (unpaired) electrons. The summed E-state index contributed by atoms with van der Waals surface area (Å²) in [6, 6.07) is 7.35. The summed E-state index contributed by atoms with van der Waals surface area (Å²) < 4.78 is 5.23. The molecule has 11 heteroatoms. The van der Waals surface area contributed by atoms with Gasteiger partial charge in [-0.3, -0.25) is 19.2 Å². The lowest BCUT2D eigenvalue weighted by Gasteiger charge is -2.28. The lowest BCUT2D eigenvalue weighted by Crippen LogP contribution is -2.50. The summed E-state index contributed by atoms with van der Waals surface area (Å²) in [4.78, 5) is 62.6. The van der Waals surface area contributed by atoms with Crippen molar-refractivity contribution in [3.8, 4) is 0 Å². The maximum absolute atomic E-state index is 13.2. The van der Waals surface area contributed by atoms with Crippen molar-refractivity contribution in [3.05, 3.63) is 35.9 Å². The van der Waals surface area contributed by atoms with E-state index in [1.807, 2.05) is 30.3 Å². The third-order valence-electron chi connectivity index (χ3n) is 6.16. The Balaban J connectivity index is 1.94. The molecule has 0 spiro atoms. The van der Waals surface area contributed by atoms with Crippen LogP contribution in [0.2, 0.25) is 0 Å². The van der Waals surface area contributed by atoms with Gasteiger partial charge < -0.3 is 25.4 Å². The highest BCUT2D eigenvalue weighted by Gasteiger charge is 2.37. The molecule has 0 bridgehead atoms. The molecule has 10 nitrogen and oxygen atoms in total. The van der Waals surface area contributed by atoms with Gasteiger partial charge in [0, 0.05) is 25.8 Å². The van der Waals surface area contributed by atoms with Crippen molar-refractivity contribution in [2.24, 2.45) is 5.92 Å². The van der Waals surface area contributed by atoms with Crippen molar-refractivity contribution in [3.63, 3.8) is 0 Å². The zero-order valence-electron chi connectivity index (χ0n) is 21.6. The van der Waals surface area contributed by atoms with E-state index in [2.05, 4.69) is 10.6 Å². The van der Waals surface area contributed by atoms with Gasteiger partial charge in [0.05, 0.1) is 18.6 Å². The molecule has 1 aliphatic heterocycles. The van der Waals surface area contributed by atoms with E-state index >= 15 is 0 Å². The van der Waals surface area contributed by atoms with Crippen LogP contribution in [-0.2, 0) is 35.1 Å². The number of carbonyl (C=O) groups is 5. The molecule has 1 unspecified atom stereocenters. The fraction of sp³-hybridized carbons (Fsp3) is 0.577. The number of thioether (sulfide) groups is 1. The number of nitrogens with one attached hydrogen (secondary N) is 2. The average molecular weight is 536 g/mol. The first-order chi connectivity index (χ1) is 17.6. The second-order valence-corrected chi connectivity index (χ2v) is 10.0. The first-order valence-electron chi connectivity index (χ1n) is 12.5. The van der Waals surface area contributed by atoms with Crippen LogP contribution in [0.5, 0.6) is 0 Å². The lowest BCUT2D eigenvalue weighted by atomic mass is 9.99. The first kappa shape index (κ1) is 30.3. The maximum atomic E-state index is 13.2. The minimum atomic E-state index is -1.23. The fourth-order valence-electron chi connectivity index (χ4n) is 4.16. The average Bonchev–Trinajstić information content (AvgIpc) is 3.36. The van der Waals surface area contributed by atoms with Gasteiger partial charge in [-0.15, -0.1) is 0 Å². The van der Waals surface area contributed by atoms with Crippen LogP contribution in [0.4, 0.5) is 0 Å². The lowest BCUT2D eigenvalue weighted by molar-refractivity contribution is -0.148. The highest BCUT2D eigenvalue weighted by Crippen LogP contribution is 2.24. The number of rotatable bonds is 14. The van der Waals surface area contributed by atoms with Crippen LogP contribution in [-0.4, -0.2) is 82.4 Å². The molecule has 0 aliphatic carbocycles. The number of ether oxygens (including phenoxy) is 1. The molecule has 204 valence electrons. The van der Waals surface area contributed by atoms with Gasteiger partial charge in [-0.05, 0) is 45.1 Å². The van der Waals surface area contributed by atoms with Gasteiger partial charge in [0.1, 0.15) is 12.1 Å². The van der Waals surface area contributed by atoms with Gasteiger partial charge in [0.25, 0.3) is 0 Å². The zero-order valence-corrected chi connectivity index (χ0v) is 22.4. The van der Waals surface area contributed by atoms with E-state index in [0.29, 0.717) is 32.2 Å². The Labute approximate surface area is 221 Å². The van der Waals surface area contributed by atoms with Crippen molar-refractivity contribution in [2.75, 3.05) is 25.4 Å². The smallest absolute Gasteiger partial charge is 0.327 e. The largest absolute Gasteiger partial charge is 0.480 e. The number of amides is 2. The van der Waals surface area contributed by atoms with Gasteiger partial charge >= 0.3 is 11.9 Å². The molecule has 1 aliphatic rings. The quantitative estimate of drug-likeness (QED) is 0.303.